The van der Waals surface area contributed by atoms with Crippen LogP contribution in [0.25, 0.3) is 0 Å². The summed E-state index contributed by atoms with van der Waals surface area (Å²) in [4.78, 5) is 34.7. The van der Waals surface area contributed by atoms with Gasteiger partial charge in [-0.15, -0.1) is 0 Å². The number of aromatic nitrogens is 1. The number of nitrogens with zero attached hydrogens (tertiary/aromatic N) is 1. The zero-order chi connectivity index (χ0) is 15.7. The highest BCUT2D eigenvalue weighted by Gasteiger charge is 2.44. The van der Waals surface area contributed by atoms with Crippen molar-refractivity contribution in [3.05, 3.63) is 20.7 Å². The fourth-order valence-electron chi connectivity index (χ4n) is 1.55. The number of amides is 1. The van der Waals surface area contributed by atoms with Gasteiger partial charge < -0.3 is 10.4 Å². The number of aryl methyl sites for hydroxylation is 1. The quantitative estimate of drug-likeness (QED) is 0.856. The average molecular weight is 300 g/mol. The van der Waals surface area contributed by atoms with Gasteiger partial charge in [-0.1, -0.05) is 11.3 Å². The maximum Gasteiger partial charge on any atom is 0.311 e. The van der Waals surface area contributed by atoms with Crippen molar-refractivity contribution in [3.8, 4) is 0 Å². The molecule has 1 rings (SSSR count). The molecule has 1 aromatic rings. The van der Waals surface area contributed by atoms with Crippen LogP contribution in [0.3, 0.4) is 0 Å². The molecule has 0 aromatic carbocycles. The summed E-state index contributed by atoms with van der Waals surface area (Å²) >= 11 is 1.03. The maximum atomic E-state index is 12.0. The maximum absolute atomic E-state index is 12.0. The molecule has 2 N–H and O–H groups in total. The molecule has 6 nitrogen and oxygen atoms in total. The van der Waals surface area contributed by atoms with Crippen LogP contribution < -0.4 is 10.2 Å². The standard InChI is InChI=1S/C13H20N2O4S/c1-8-7-20-11(19)15(8)6-9(16)14-13(4,5)12(2,3)10(17)18/h7H,6H2,1-5H3,(H,14,16)(H,17,18). The number of carbonyl (C=O) groups excluding carboxylic acids is 1. The topological polar surface area (TPSA) is 88.4 Å². The van der Waals surface area contributed by atoms with E-state index in [-0.39, 0.29) is 17.3 Å². The van der Waals surface area contributed by atoms with Crippen molar-refractivity contribution in [1.82, 2.24) is 9.88 Å². The van der Waals surface area contributed by atoms with Crippen LogP contribution in [0.2, 0.25) is 0 Å². The Morgan fingerprint density at radius 2 is 1.90 bits per heavy atom. The molecular weight excluding hydrogens is 280 g/mol. The number of aliphatic carboxylic acids is 1. The molecule has 0 aliphatic carbocycles. The lowest BCUT2D eigenvalue weighted by molar-refractivity contribution is -0.151. The van der Waals surface area contributed by atoms with E-state index in [1.165, 1.54) is 4.57 Å². The van der Waals surface area contributed by atoms with Gasteiger partial charge in [-0.05, 0) is 34.6 Å². The molecule has 0 atom stereocenters. The van der Waals surface area contributed by atoms with Gasteiger partial charge in [-0.2, -0.15) is 0 Å². The van der Waals surface area contributed by atoms with E-state index in [0.717, 1.165) is 11.3 Å². The molecule has 0 aliphatic heterocycles. The third-order valence-electron chi connectivity index (χ3n) is 3.83. The largest absolute Gasteiger partial charge is 0.481 e. The van der Waals surface area contributed by atoms with Gasteiger partial charge in [0.25, 0.3) is 0 Å². The summed E-state index contributed by atoms with van der Waals surface area (Å²) in [6, 6.07) is 0. The van der Waals surface area contributed by atoms with E-state index in [1.807, 2.05) is 0 Å². The SMILES string of the molecule is Cc1csc(=O)n1CC(=O)NC(C)(C)C(C)(C)C(=O)O. The molecule has 1 aromatic heterocycles. The lowest BCUT2D eigenvalue weighted by Crippen LogP contribution is -2.57. The van der Waals surface area contributed by atoms with Crippen molar-refractivity contribution >= 4 is 23.2 Å². The number of carboxylic acid groups (broad SMARTS) is 1. The van der Waals surface area contributed by atoms with E-state index in [0.29, 0.717) is 5.69 Å². The predicted octanol–water partition coefficient (Wildman–Crippen LogP) is 1.22. The molecule has 7 heteroatoms. The number of thiazole rings is 1. The molecule has 0 fully saturated rings. The van der Waals surface area contributed by atoms with Gasteiger partial charge in [0.1, 0.15) is 6.54 Å². The Balaban J connectivity index is 2.86. The highest BCUT2D eigenvalue weighted by molar-refractivity contribution is 7.07. The minimum Gasteiger partial charge on any atom is -0.481 e. The number of hydrogen-bond donors (Lipinski definition) is 2. The van der Waals surface area contributed by atoms with E-state index in [9.17, 15) is 19.5 Å². The Morgan fingerprint density at radius 3 is 2.30 bits per heavy atom. The third kappa shape index (κ3) is 3.09. The molecule has 20 heavy (non-hydrogen) atoms. The van der Waals surface area contributed by atoms with Crippen LogP contribution >= 0.6 is 11.3 Å². The second kappa shape index (κ2) is 5.40. The van der Waals surface area contributed by atoms with Crippen LogP contribution in [-0.2, 0) is 16.1 Å². The van der Waals surface area contributed by atoms with Gasteiger partial charge in [0.05, 0.1) is 11.0 Å². The number of nitrogens with one attached hydrogen (secondary N) is 1. The molecule has 0 saturated heterocycles. The van der Waals surface area contributed by atoms with Crippen molar-refractivity contribution < 1.29 is 14.7 Å². The molecule has 0 unspecified atom stereocenters. The molecule has 1 amide bonds. The highest BCUT2D eigenvalue weighted by Crippen LogP contribution is 2.30. The van der Waals surface area contributed by atoms with E-state index in [1.54, 1.807) is 40.0 Å². The lowest BCUT2D eigenvalue weighted by Gasteiger charge is -2.38. The molecule has 0 aliphatic rings. The fourth-order valence-corrected chi connectivity index (χ4v) is 2.29. The van der Waals surface area contributed by atoms with Gasteiger partial charge >= 0.3 is 10.8 Å². The molecule has 0 saturated carbocycles. The molecular formula is C13H20N2O4S. The minimum absolute atomic E-state index is 0.104. The van der Waals surface area contributed by atoms with Crippen molar-refractivity contribution in [3.63, 3.8) is 0 Å². The summed E-state index contributed by atoms with van der Waals surface area (Å²) in [5.74, 6) is -1.38. The Hall–Kier alpha value is -1.63. The van der Waals surface area contributed by atoms with Gasteiger partial charge in [0, 0.05) is 11.1 Å². The van der Waals surface area contributed by atoms with E-state index in [4.69, 9.17) is 0 Å². The summed E-state index contributed by atoms with van der Waals surface area (Å²) < 4.78 is 1.36. The first kappa shape index (κ1) is 16.4. The summed E-state index contributed by atoms with van der Waals surface area (Å²) in [7, 11) is 0. The first-order valence-corrected chi connectivity index (χ1v) is 7.06. The van der Waals surface area contributed by atoms with Crippen LogP contribution in [0.5, 0.6) is 0 Å². The molecule has 0 spiro atoms. The number of carboxylic acids is 1. The second-order valence-corrected chi connectivity index (χ2v) is 6.65. The van der Waals surface area contributed by atoms with Crippen LogP contribution in [-0.4, -0.2) is 27.1 Å². The Labute approximate surface area is 121 Å². The summed E-state index contributed by atoms with van der Waals surface area (Å²) in [5.41, 5.74) is -1.36. The Kier molecular flexibility index (Phi) is 4.43. The number of rotatable bonds is 5. The Bertz CT molecular complexity index is 583. The van der Waals surface area contributed by atoms with Crippen LogP contribution in [0, 0.1) is 12.3 Å². The minimum atomic E-state index is -1.13. The summed E-state index contributed by atoms with van der Waals surface area (Å²) in [6.45, 7) is 8.06. The number of carbonyl (C=O) groups is 2. The van der Waals surface area contributed by atoms with Gasteiger partial charge in [-0.25, -0.2) is 0 Å². The smallest absolute Gasteiger partial charge is 0.311 e. The summed E-state index contributed by atoms with van der Waals surface area (Å²) in [5, 5.41) is 13.6. The van der Waals surface area contributed by atoms with Crippen LogP contribution in [0.1, 0.15) is 33.4 Å². The highest BCUT2D eigenvalue weighted by atomic mass is 32.1. The second-order valence-electron chi connectivity index (χ2n) is 5.83. The van der Waals surface area contributed by atoms with E-state index in [2.05, 4.69) is 5.32 Å². The monoisotopic (exact) mass is 300 g/mol. The molecule has 0 radical (unpaired) electrons. The molecule has 1 heterocycles. The first-order valence-electron chi connectivity index (χ1n) is 6.18. The normalized spacial score (nSPS) is 12.2. The van der Waals surface area contributed by atoms with Crippen LogP contribution in [0.15, 0.2) is 10.2 Å². The van der Waals surface area contributed by atoms with Gasteiger partial charge in [0.15, 0.2) is 0 Å². The number of hydrogen-bond acceptors (Lipinski definition) is 4. The first-order chi connectivity index (χ1) is 8.99. The van der Waals surface area contributed by atoms with Crippen molar-refractivity contribution in [2.24, 2.45) is 5.41 Å². The zero-order valence-corrected chi connectivity index (χ0v) is 13.1. The van der Waals surface area contributed by atoms with Gasteiger partial charge in [-0.3, -0.25) is 19.0 Å². The van der Waals surface area contributed by atoms with Crippen molar-refractivity contribution in [2.45, 2.75) is 46.7 Å². The van der Waals surface area contributed by atoms with Crippen molar-refractivity contribution in [2.75, 3.05) is 0 Å². The average Bonchev–Trinajstić information content (AvgIpc) is 2.59. The molecule has 0 bridgehead atoms. The van der Waals surface area contributed by atoms with E-state index < -0.39 is 16.9 Å². The predicted molar refractivity (Wildman–Crippen MR) is 77.0 cm³/mol. The Morgan fingerprint density at radius 1 is 1.35 bits per heavy atom. The van der Waals surface area contributed by atoms with Gasteiger partial charge in [0.2, 0.25) is 5.91 Å². The third-order valence-corrected chi connectivity index (χ3v) is 4.71. The summed E-state index contributed by atoms with van der Waals surface area (Å²) in [6.07, 6.45) is 0. The zero-order valence-electron chi connectivity index (χ0n) is 12.3. The van der Waals surface area contributed by atoms with Crippen molar-refractivity contribution in [1.29, 1.82) is 0 Å². The van der Waals surface area contributed by atoms with E-state index >= 15 is 0 Å². The molecule has 112 valence electrons. The lowest BCUT2D eigenvalue weighted by atomic mass is 9.74. The van der Waals surface area contributed by atoms with Crippen LogP contribution in [0.4, 0.5) is 0 Å². The fraction of sp³-hybridized carbons (Fsp3) is 0.615.